The Balaban J connectivity index is 1.39. The summed E-state index contributed by atoms with van der Waals surface area (Å²) in [5.41, 5.74) is 2.46. The van der Waals surface area contributed by atoms with Crippen LogP contribution < -0.4 is 14.8 Å². The second kappa shape index (κ2) is 10.8. The molecule has 3 heterocycles. The Morgan fingerprint density at radius 1 is 1.11 bits per heavy atom. The number of likely N-dealkylation sites (tertiary alicyclic amines) is 1. The predicted octanol–water partition coefficient (Wildman–Crippen LogP) is 3.74. The van der Waals surface area contributed by atoms with Gasteiger partial charge in [-0.3, -0.25) is 14.6 Å². The van der Waals surface area contributed by atoms with Crippen LogP contribution in [0, 0.1) is 0 Å². The molecule has 2 aliphatic heterocycles. The Kier molecular flexibility index (Phi) is 7.13. The molecular weight excluding hydrogens is 458 g/mol. The van der Waals surface area contributed by atoms with Crippen LogP contribution in [0.15, 0.2) is 67.0 Å². The van der Waals surface area contributed by atoms with Gasteiger partial charge in [-0.1, -0.05) is 18.2 Å². The average molecular weight is 488 g/mol. The van der Waals surface area contributed by atoms with Gasteiger partial charge in [-0.2, -0.15) is 0 Å². The Labute approximate surface area is 210 Å². The van der Waals surface area contributed by atoms with Gasteiger partial charge in [-0.15, -0.1) is 0 Å². The van der Waals surface area contributed by atoms with Crippen LogP contribution in [0.5, 0.6) is 17.2 Å². The van der Waals surface area contributed by atoms with Crippen LogP contribution in [0.1, 0.15) is 34.3 Å². The number of aromatic nitrogens is 1. The highest BCUT2D eigenvalue weighted by molar-refractivity contribution is 5.94. The molecule has 0 aliphatic carbocycles. The fourth-order valence-corrected chi connectivity index (χ4v) is 4.65. The van der Waals surface area contributed by atoms with Crippen molar-refractivity contribution >= 4 is 11.8 Å². The molecule has 0 saturated carbocycles. The number of hydrogen-bond acceptors (Lipinski definition) is 6. The molecule has 2 amide bonds. The van der Waals surface area contributed by atoms with E-state index in [1.165, 1.54) is 0 Å². The van der Waals surface area contributed by atoms with Gasteiger partial charge < -0.3 is 24.4 Å². The largest absolute Gasteiger partial charge is 0.493 e. The van der Waals surface area contributed by atoms with Gasteiger partial charge in [-0.25, -0.2) is 0 Å². The quantitative estimate of drug-likeness (QED) is 0.592. The molecule has 186 valence electrons. The standard InChI is InChI=1S/C28H29N3O5/c1-34-25-9-7-19-8-10-27(32)30-23-17-31(28(33)21-5-3-12-29-16-21)13-11-24(23)35-18-20-4-2-6-22(14-20)36-26(25)15-19/h2-7,9,12,14-16,23-24H,8,10-11,13,17-18H2,1H3,(H,30,32)/t23-,24+/m0/s1. The zero-order valence-electron chi connectivity index (χ0n) is 20.2. The summed E-state index contributed by atoms with van der Waals surface area (Å²) in [6.45, 7) is 1.28. The van der Waals surface area contributed by atoms with Crippen molar-refractivity contribution in [3.05, 3.63) is 83.7 Å². The van der Waals surface area contributed by atoms with Gasteiger partial charge >= 0.3 is 0 Å². The number of carbonyl (C=O) groups is 2. The second-order valence-electron chi connectivity index (χ2n) is 9.04. The lowest BCUT2D eigenvalue weighted by Gasteiger charge is -2.38. The summed E-state index contributed by atoms with van der Waals surface area (Å²) < 4.78 is 17.9. The van der Waals surface area contributed by atoms with Gasteiger partial charge in [0.05, 0.1) is 31.4 Å². The van der Waals surface area contributed by atoms with E-state index in [9.17, 15) is 9.59 Å². The molecule has 8 heteroatoms. The third-order valence-electron chi connectivity index (χ3n) is 6.55. The van der Waals surface area contributed by atoms with Crippen molar-refractivity contribution in [1.82, 2.24) is 15.2 Å². The number of rotatable bonds is 2. The van der Waals surface area contributed by atoms with E-state index in [1.54, 1.807) is 36.5 Å². The third kappa shape index (κ3) is 5.49. The zero-order valence-corrected chi connectivity index (χ0v) is 20.2. The molecule has 36 heavy (non-hydrogen) atoms. The maximum atomic E-state index is 13.0. The molecule has 5 rings (SSSR count). The smallest absolute Gasteiger partial charge is 0.255 e. The van der Waals surface area contributed by atoms with E-state index in [-0.39, 0.29) is 24.0 Å². The SMILES string of the molecule is COc1ccc2cc1Oc1cccc(c1)CO[C@@H]1CCN(C(=O)c3cccnc3)C[C@@H]1NC(=O)CC2. The number of hydrogen-bond donors (Lipinski definition) is 1. The minimum atomic E-state index is -0.317. The number of methoxy groups -OCH3 is 1. The van der Waals surface area contributed by atoms with Crippen molar-refractivity contribution in [2.24, 2.45) is 0 Å². The van der Waals surface area contributed by atoms with Crippen molar-refractivity contribution in [2.75, 3.05) is 20.2 Å². The van der Waals surface area contributed by atoms with E-state index in [0.717, 1.165) is 11.1 Å². The monoisotopic (exact) mass is 487 g/mol. The number of benzene rings is 2. The third-order valence-corrected chi connectivity index (χ3v) is 6.55. The molecule has 2 atom stereocenters. The van der Waals surface area contributed by atoms with E-state index in [0.29, 0.717) is 61.8 Å². The molecule has 2 aliphatic rings. The van der Waals surface area contributed by atoms with Crippen LogP contribution >= 0.6 is 0 Å². The van der Waals surface area contributed by atoms with E-state index in [2.05, 4.69) is 10.3 Å². The van der Waals surface area contributed by atoms with E-state index in [1.807, 2.05) is 42.5 Å². The number of carbonyl (C=O) groups excluding carboxylic acids is 2. The number of aryl methyl sites for hydroxylation is 1. The molecule has 1 saturated heterocycles. The van der Waals surface area contributed by atoms with Crippen LogP contribution in [-0.2, 0) is 22.6 Å². The molecule has 0 spiro atoms. The van der Waals surface area contributed by atoms with Crippen molar-refractivity contribution < 1.29 is 23.8 Å². The lowest BCUT2D eigenvalue weighted by Crippen LogP contribution is -2.57. The molecular formula is C28H29N3O5. The van der Waals surface area contributed by atoms with Crippen molar-refractivity contribution in [2.45, 2.75) is 38.0 Å². The van der Waals surface area contributed by atoms with Crippen LogP contribution in [0.3, 0.4) is 0 Å². The van der Waals surface area contributed by atoms with Crippen LogP contribution in [0.4, 0.5) is 0 Å². The van der Waals surface area contributed by atoms with Gasteiger partial charge in [0, 0.05) is 31.9 Å². The van der Waals surface area contributed by atoms with Gasteiger partial charge in [-0.05, 0) is 60.4 Å². The normalized spacial score (nSPS) is 20.1. The summed E-state index contributed by atoms with van der Waals surface area (Å²) in [7, 11) is 1.60. The Bertz CT molecular complexity index is 1230. The number of fused-ring (bicyclic) bond motifs is 5. The first-order valence-corrected chi connectivity index (χ1v) is 12.1. The lowest BCUT2D eigenvalue weighted by atomic mass is 10.00. The molecule has 0 unspecified atom stereocenters. The van der Waals surface area contributed by atoms with Gasteiger partial charge in [0.1, 0.15) is 5.75 Å². The summed E-state index contributed by atoms with van der Waals surface area (Å²) in [5, 5.41) is 3.13. The fraction of sp³-hybridized carbons (Fsp3) is 0.321. The molecule has 8 nitrogen and oxygen atoms in total. The highest BCUT2D eigenvalue weighted by Gasteiger charge is 2.33. The highest BCUT2D eigenvalue weighted by Crippen LogP contribution is 2.33. The van der Waals surface area contributed by atoms with E-state index >= 15 is 0 Å². The molecule has 1 fully saturated rings. The lowest BCUT2D eigenvalue weighted by molar-refractivity contribution is -0.124. The Hall–Kier alpha value is -3.91. The summed E-state index contributed by atoms with van der Waals surface area (Å²) in [6, 6.07) is 16.6. The molecule has 2 aromatic carbocycles. The first kappa shape index (κ1) is 23.8. The topological polar surface area (TPSA) is 90.0 Å². The zero-order chi connectivity index (χ0) is 24.9. The van der Waals surface area contributed by atoms with Gasteiger partial charge in [0.25, 0.3) is 5.91 Å². The second-order valence-corrected chi connectivity index (χ2v) is 9.04. The van der Waals surface area contributed by atoms with Crippen molar-refractivity contribution in [3.63, 3.8) is 0 Å². The van der Waals surface area contributed by atoms with Crippen LogP contribution in [-0.4, -0.2) is 54.0 Å². The molecule has 1 aromatic heterocycles. The van der Waals surface area contributed by atoms with E-state index < -0.39 is 0 Å². The summed E-state index contributed by atoms with van der Waals surface area (Å²) >= 11 is 0. The molecule has 0 radical (unpaired) electrons. The minimum absolute atomic E-state index is 0.0852. The number of nitrogens with zero attached hydrogens (tertiary/aromatic N) is 2. The minimum Gasteiger partial charge on any atom is -0.493 e. The maximum Gasteiger partial charge on any atom is 0.255 e. The highest BCUT2D eigenvalue weighted by atomic mass is 16.5. The van der Waals surface area contributed by atoms with Crippen LogP contribution in [0.25, 0.3) is 0 Å². The molecule has 1 N–H and O–H groups in total. The van der Waals surface area contributed by atoms with E-state index in [4.69, 9.17) is 14.2 Å². The number of pyridine rings is 1. The fourth-order valence-electron chi connectivity index (χ4n) is 4.65. The van der Waals surface area contributed by atoms with Crippen LogP contribution in [0.2, 0.25) is 0 Å². The maximum absolute atomic E-state index is 13.0. The summed E-state index contributed by atoms with van der Waals surface area (Å²) in [6.07, 6.45) is 4.46. The first-order valence-electron chi connectivity index (χ1n) is 12.1. The van der Waals surface area contributed by atoms with Gasteiger partial charge in [0.2, 0.25) is 5.91 Å². The summed E-state index contributed by atoms with van der Waals surface area (Å²) in [4.78, 5) is 31.8. The van der Waals surface area contributed by atoms with Crippen molar-refractivity contribution in [1.29, 1.82) is 0 Å². The first-order chi connectivity index (χ1) is 17.6. The van der Waals surface area contributed by atoms with Gasteiger partial charge in [0.15, 0.2) is 11.5 Å². The number of amides is 2. The Morgan fingerprint density at radius 3 is 2.86 bits per heavy atom. The average Bonchev–Trinajstić information content (AvgIpc) is 2.91. The van der Waals surface area contributed by atoms with Crippen molar-refractivity contribution in [3.8, 4) is 17.2 Å². The summed E-state index contributed by atoms with van der Waals surface area (Å²) in [5.74, 6) is 1.73. The Morgan fingerprint density at radius 2 is 2.03 bits per heavy atom. The number of piperidine rings is 1. The molecule has 3 aromatic rings. The predicted molar refractivity (Wildman–Crippen MR) is 133 cm³/mol. The number of nitrogens with one attached hydrogen (secondary N) is 1. The number of ether oxygens (including phenoxy) is 3. The molecule has 4 bridgehead atoms.